The molecule has 0 aromatic carbocycles. The Morgan fingerprint density at radius 2 is 2.05 bits per heavy atom. The third-order valence-electron chi connectivity index (χ3n) is 4.53. The number of nitrogens with two attached hydrogens (primary N) is 1. The molecule has 1 saturated heterocycles. The van der Waals surface area contributed by atoms with Gasteiger partial charge in [-0.25, -0.2) is 0 Å². The number of fused-ring (bicyclic) bond motifs is 1. The summed E-state index contributed by atoms with van der Waals surface area (Å²) in [7, 11) is 0. The number of hydrogen-bond donors (Lipinski definition) is 1. The van der Waals surface area contributed by atoms with Crippen LogP contribution in [-0.4, -0.2) is 62.1 Å². The Morgan fingerprint density at radius 1 is 1.23 bits per heavy atom. The number of aryl methyl sites for hydroxylation is 1. The molecule has 3 rings (SSSR count). The van der Waals surface area contributed by atoms with E-state index in [4.69, 9.17) is 5.73 Å². The molecule has 8 heteroatoms. The first kappa shape index (κ1) is 15.0. The molecule has 1 fully saturated rings. The number of carbonyl (C=O) groups is 2. The monoisotopic (exact) mass is 306 g/mol. The summed E-state index contributed by atoms with van der Waals surface area (Å²) < 4.78 is 2.08. The second kappa shape index (κ2) is 6.04. The second-order valence-corrected chi connectivity index (χ2v) is 6.03. The Balaban J connectivity index is 1.63. The van der Waals surface area contributed by atoms with Crippen LogP contribution < -0.4 is 5.73 Å². The van der Waals surface area contributed by atoms with Gasteiger partial charge in [0, 0.05) is 19.6 Å². The summed E-state index contributed by atoms with van der Waals surface area (Å²) in [6.07, 6.45) is 2.56. The van der Waals surface area contributed by atoms with Crippen molar-refractivity contribution < 1.29 is 9.59 Å². The largest absolute Gasteiger partial charge is 0.368 e. The molecule has 0 bridgehead atoms. The fraction of sp³-hybridized carbons (Fsp3) is 0.714. The maximum atomic E-state index is 12.5. The summed E-state index contributed by atoms with van der Waals surface area (Å²) in [4.78, 5) is 27.8. The van der Waals surface area contributed by atoms with Gasteiger partial charge >= 0.3 is 0 Å². The van der Waals surface area contributed by atoms with Crippen LogP contribution in [0.15, 0.2) is 0 Å². The molecule has 1 aromatic heterocycles. The van der Waals surface area contributed by atoms with Gasteiger partial charge in [0.15, 0.2) is 0 Å². The average molecular weight is 306 g/mol. The Labute approximate surface area is 129 Å². The average Bonchev–Trinajstić information content (AvgIpc) is 2.88. The van der Waals surface area contributed by atoms with Gasteiger partial charge in [-0.3, -0.25) is 14.5 Å². The molecule has 3 heterocycles. The van der Waals surface area contributed by atoms with Crippen LogP contribution >= 0.6 is 0 Å². The molecule has 8 nitrogen and oxygen atoms in total. The molecule has 1 atom stereocenters. The second-order valence-electron chi connectivity index (χ2n) is 6.03. The van der Waals surface area contributed by atoms with E-state index >= 15 is 0 Å². The highest BCUT2D eigenvalue weighted by Gasteiger charge is 2.32. The minimum Gasteiger partial charge on any atom is -0.368 e. The standard InChI is InChI=1S/C14H22N6O2/c1-10-16-17-12-8-18(6-7-19(10)12)9-13(21)20-5-3-2-4-11(20)14(15)22/h11H,2-9H2,1H3,(H2,15,22). The molecule has 0 saturated carbocycles. The van der Waals surface area contributed by atoms with Crippen LogP contribution in [0.25, 0.3) is 0 Å². The van der Waals surface area contributed by atoms with E-state index in [1.807, 2.05) is 6.92 Å². The van der Waals surface area contributed by atoms with E-state index in [9.17, 15) is 9.59 Å². The number of hydrogen-bond acceptors (Lipinski definition) is 5. The van der Waals surface area contributed by atoms with Gasteiger partial charge in [0.05, 0.1) is 13.1 Å². The van der Waals surface area contributed by atoms with Gasteiger partial charge in [-0.05, 0) is 26.2 Å². The van der Waals surface area contributed by atoms with Gasteiger partial charge in [0.2, 0.25) is 11.8 Å². The van der Waals surface area contributed by atoms with Crippen LogP contribution in [0.4, 0.5) is 0 Å². The molecule has 2 amide bonds. The lowest BCUT2D eigenvalue weighted by atomic mass is 10.0. The highest BCUT2D eigenvalue weighted by molar-refractivity contribution is 5.87. The topological polar surface area (TPSA) is 97.3 Å². The summed E-state index contributed by atoms with van der Waals surface area (Å²) in [6.45, 7) is 5.04. The molecule has 0 spiro atoms. The van der Waals surface area contributed by atoms with E-state index in [1.165, 1.54) is 0 Å². The zero-order valence-corrected chi connectivity index (χ0v) is 12.9. The highest BCUT2D eigenvalue weighted by atomic mass is 16.2. The molecular formula is C14H22N6O2. The van der Waals surface area contributed by atoms with Crippen molar-refractivity contribution in [3.8, 4) is 0 Å². The van der Waals surface area contributed by atoms with E-state index in [-0.39, 0.29) is 5.91 Å². The zero-order valence-electron chi connectivity index (χ0n) is 12.9. The Morgan fingerprint density at radius 3 is 2.82 bits per heavy atom. The third-order valence-corrected chi connectivity index (χ3v) is 4.53. The summed E-state index contributed by atoms with van der Waals surface area (Å²) in [6, 6.07) is -0.447. The number of nitrogens with zero attached hydrogens (tertiary/aromatic N) is 5. The van der Waals surface area contributed by atoms with Crippen molar-refractivity contribution in [2.45, 2.75) is 45.3 Å². The molecule has 2 N–H and O–H groups in total. The molecule has 2 aliphatic rings. The first-order valence-electron chi connectivity index (χ1n) is 7.76. The SMILES string of the molecule is Cc1nnc2n1CCN(CC(=O)N1CCCCC1C(N)=O)C2. The molecule has 0 radical (unpaired) electrons. The van der Waals surface area contributed by atoms with Crippen molar-refractivity contribution in [1.29, 1.82) is 0 Å². The lowest BCUT2D eigenvalue weighted by Crippen LogP contribution is -2.53. The van der Waals surface area contributed by atoms with E-state index in [0.29, 0.717) is 26.1 Å². The van der Waals surface area contributed by atoms with Crippen LogP contribution in [0.1, 0.15) is 30.9 Å². The number of carbonyl (C=O) groups excluding carboxylic acids is 2. The first-order valence-corrected chi connectivity index (χ1v) is 7.76. The van der Waals surface area contributed by atoms with Gasteiger partial charge in [-0.1, -0.05) is 0 Å². The first-order chi connectivity index (χ1) is 10.6. The number of piperidine rings is 1. The van der Waals surface area contributed by atoms with Crippen molar-refractivity contribution in [3.63, 3.8) is 0 Å². The third kappa shape index (κ3) is 2.83. The maximum Gasteiger partial charge on any atom is 0.240 e. The predicted molar refractivity (Wildman–Crippen MR) is 78.6 cm³/mol. The van der Waals surface area contributed by atoms with E-state index in [0.717, 1.165) is 37.6 Å². The van der Waals surface area contributed by atoms with E-state index in [1.54, 1.807) is 4.90 Å². The van der Waals surface area contributed by atoms with Crippen LogP contribution in [0.5, 0.6) is 0 Å². The molecule has 1 unspecified atom stereocenters. The van der Waals surface area contributed by atoms with Crippen molar-refractivity contribution >= 4 is 11.8 Å². The highest BCUT2D eigenvalue weighted by Crippen LogP contribution is 2.18. The Hall–Kier alpha value is -1.96. The number of likely N-dealkylation sites (tertiary alicyclic amines) is 1. The predicted octanol–water partition coefficient (Wildman–Crippen LogP) is -0.731. The van der Waals surface area contributed by atoms with Crippen molar-refractivity contribution in [2.75, 3.05) is 19.6 Å². The molecule has 120 valence electrons. The molecule has 0 aliphatic carbocycles. The summed E-state index contributed by atoms with van der Waals surface area (Å²) in [5.41, 5.74) is 5.43. The smallest absolute Gasteiger partial charge is 0.240 e. The number of primary amides is 1. The fourth-order valence-corrected chi connectivity index (χ4v) is 3.30. The van der Waals surface area contributed by atoms with Crippen LogP contribution in [0, 0.1) is 6.92 Å². The van der Waals surface area contributed by atoms with Gasteiger partial charge in [0.25, 0.3) is 0 Å². The maximum absolute atomic E-state index is 12.5. The molecule has 2 aliphatic heterocycles. The normalized spacial score (nSPS) is 22.4. The minimum absolute atomic E-state index is 0.0202. The van der Waals surface area contributed by atoms with Crippen molar-refractivity contribution in [2.24, 2.45) is 5.73 Å². The van der Waals surface area contributed by atoms with Gasteiger partial charge in [-0.15, -0.1) is 10.2 Å². The van der Waals surface area contributed by atoms with E-state index < -0.39 is 11.9 Å². The van der Waals surface area contributed by atoms with Crippen LogP contribution in [-0.2, 0) is 22.7 Å². The minimum atomic E-state index is -0.447. The van der Waals surface area contributed by atoms with Crippen LogP contribution in [0.3, 0.4) is 0 Å². The number of rotatable bonds is 3. The van der Waals surface area contributed by atoms with Gasteiger partial charge < -0.3 is 15.2 Å². The lowest BCUT2D eigenvalue weighted by molar-refractivity contribution is -0.142. The summed E-state index contributed by atoms with van der Waals surface area (Å²) >= 11 is 0. The molecule has 1 aromatic rings. The van der Waals surface area contributed by atoms with Crippen LogP contribution in [0.2, 0.25) is 0 Å². The summed E-state index contributed by atoms with van der Waals surface area (Å²) in [5.74, 6) is 1.38. The fourth-order valence-electron chi connectivity index (χ4n) is 3.30. The molecular weight excluding hydrogens is 284 g/mol. The van der Waals surface area contributed by atoms with E-state index in [2.05, 4.69) is 19.7 Å². The van der Waals surface area contributed by atoms with Gasteiger partial charge in [-0.2, -0.15) is 0 Å². The lowest BCUT2D eigenvalue weighted by Gasteiger charge is -2.36. The summed E-state index contributed by atoms with van der Waals surface area (Å²) in [5, 5.41) is 8.21. The number of amides is 2. The zero-order chi connectivity index (χ0) is 15.7. The Kier molecular flexibility index (Phi) is 4.10. The van der Waals surface area contributed by atoms with Crippen molar-refractivity contribution in [1.82, 2.24) is 24.6 Å². The molecule has 22 heavy (non-hydrogen) atoms. The van der Waals surface area contributed by atoms with Crippen molar-refractivity contribution in [3.05, 3.63) is 11.6 Å². The number of aromatic nitrogens is 3. The Bertz CT molecular complexity index is 584. The van der Waals surface area contributed by atoms with Gasteiger partial charge in [0.1, 0.15) is 17.7 Å². The quantitative estimate of drug-likeness (QED) is 0.794.